The van der Waals surface area contributed by atoms with E-state index in [4.69, 9.17) is 4.74 Å². The lowest BCUT2D eigenvalue weighted by Gasteiger charge is -2.22. The molecule has 0 aliphatic heterocycles. The lowest BCUT2D eigenvalue weighted by atomic mass is 9.93. The van der Waals surface area contributed by atoms with Crippen molar-refractivity contribution in [3.63, 3.8) is 0 Å². The topological polar surface area (TPSA) is 26.3 Å². The Morgan fingerprint density at radius 3 is 1.67 bits per heavy atom. The maximum atomic E-state index is 12.5. The van der Waals surface area contributed by atoms with Crippen LogP contribution in [0.25, 0.3) is 0 Å². The van der Waals surface area contributed by atoms with E-state index in [-0.39, 0.29) is 11.1 Å². The van der Waals surface area contributed by atoms with Gasteiger partial charge in [0, 0.05) is 5.56 Å². The first-order valence-electron chi connectivity index (χ1n) is 5.72. The molecule has 0 bridgehead atoms. The first kappa shape index (κ1) is 17.3. The van der Waals surface area contributed by atoms with Crippen LogP contribution in [-0.4, -0.2) is 25.2 Å². The summed E-state index contributed by atoms with van der Waals surface area (Å²) in [4.78, 5) is 11.7. The molecule has 0 aromatic heterocycles. The van der Waals surface area contributed by atoms with E-state index in [0.717, 1.165) is 12.1 Å². The fourth-order valence-electron chi connectivity index (χ4n) is 2.06. The van der Waals surface area contributed by atoms with Crippen LogP contribution in [0.1, 0.15) is 21.5 Å². The molecule has 0 aliphatic rings. The molecule has 0 aliphatic carbocycles. The van der Waals surface area contributed by atoms with E-state index in [0.29, 0.717) is 5.75 Å². The lowest BCUT2D eigenvalue weighted by Crippen LogP contribution is -2.42. The number of ether oxygens (including phenoxy) is 1. The van der Waals surface area contributed by atoms with E-state index < -0.39 is 29.6 Å². The van der Waals surface area contributed by atoms with Crippen molar-refractivity contribution in [3.05, 3.63) is 28.8 Å². The normalized spacial score (nSPS) is 12.7. The van der Waals surface area contributed by atoms with Gasteiger partial charge in [-0.15, -0.1) is 0 Å². The van der Waals surface area contributed by atoms with E-state index in [1.807, 2.05) is 0 Å². The number of aryl methyl sites for hydroxylation is 2. The number of carbonyl (C=O) groups excluding carboxylic acids is 1. The minimum absolute atomic E-state index is 0.281. The number of ketones is 1. The number of Topliss-reactive ketones (excluding diaryl/α,β-unsaturated/α-hetero) is 1. The molecule has 0 N–H and O–H groups in total. The SMILES string of the molecule is COc1c(C)cc(C(=O)C(C(F)(F)F)C(F)(F)F)cc1C. The molecule has 0 saturated carbocycles. The van der Waals surface area contributed by atoms with Crippen LogP contribution in [0.4, 0.5) is 26.3 Å². The van der Waals surface area contributed by atoms with Crippen molar-refractivity contribution < 1.29 is 35.9 Å². The molecule has 0 spiro atoms. The number of alkyl halides is 6. The maximum absolute atomic E-state index is 12.5. The molecule has 0 atom stereocenters. The molecule has 0 radical (unpaired) electrons. The predicted octanol–water partition coefficient (Wildman–Crippen LogP) is 4.24. The van der Waals surface area contributed by atoms with Gasteiger partial charge in [0.25, 0.3) is 0 Å². The molecular weight excluding hydrogens is 302 g/mol. The molecule has 0 fully saturated rings. The molecular formula is C13H12F6O2. The highest BCUT2D eigenvalue weighted by molar-refractivity contribution is 5.99. The molecule has 0 amide bonds. The van der Waals surface area contributed by atoms with Crippen LogP contribution in [0.15, 0.2) is 12.1 Å². The Labute approximate surface area is 116 Å². The maximum Gasteiger partial charge on any atom is 0.407 e. The summed E-state index contributed by atoms with van der Waals surface area (Å²) in [6.07, 6.45) is -11.4. The van der Waals surface area contributed by atoms with Crippen molar-refractivity contribution >= 4 is 5.78 Å². The molecule has 1 aromatic carbocycles. The van der Waals surface area contributed by atoms with Gasteiger partial charge in [-0.3, -0.25) is 4.79 Å². The third-order valence-electron chi connectivity index (χ3n) is 2.87. The van der Waals surface area contributed by atoms with Crippen molar-refractivity contribution in [2.24, 2.45) is 5.92 Å². The van der Waals surface area contributed by atoms with Gasteiger partial charge in [-0.1, -0.05) is 0 Å². The van der Waals surface area contributed by atoms with E-state index in [2.05, 4.69) is 0 Å². The molecule has 118 valence electrons. The zero-order valence-corrected chi connectivity index (χ0v) is 11.3. The van der Waals surface area contributed by atoms with Crippen molar-refractivity contribution in [2.45, 2.75) is 26.2 Å². The van der Waals surface area contributed by atoms with E-state index in [1.165, 1.54) is 21.0 Å². The Bertz CT molecular complexity index is 508. The van der Waals surface area contributed by atoms with Crippen molar-refractivity contribution in [3.8, 4) is 5.75 Å². The van der Waals surface area contributed by atoms with E-state index in [9.17, 15) is 31.1 Å². The number of hydrogen-bond donors (Lipinski definition) is 0. The Morgan fingerprint density at radius 1 is 1.00 bits per heavy atom. The van der Waals surface area contributed by atoms with Crippen LogP contribution in [0.5, 0.6) is 5.75 Å². The number of carbonyl (C=O) groups is 1. The molecule has 1 rings (SSSR count). The second-order valence-electron chi connectivity index (χ2n) is 4.52. The molecule has 8 heteroatoms. The fourth-order valence-corrected chi connectivity index (χ4v) is 2.06. The predicted molar refractivity (Wildman–Crippen MR) is 62.4 cm³/mol. The molecule has 21 heavy (non-hydrogen) atoms. The largest absolute Gasteiger partial charge is 0.496 e. The molecule has 0 saturated heterocycles. The number of benzene rings is 1. The molecule has 2 nitrogen and oxygen atoms in total. The standard InChI is InChI=1S/C13H12F6O2/c1-6-4-8(5-7(2)10(6)21-3)9(20)11(12(14,15)16)13(17,18)19/h4-5,11H,1-3H3. The molecule has 0 heterocycles. The van der Waals surface area contributed by atoms with Gasteiger partial charge in [-0.25, -0.2) is 0 Å². The van der Waals surface area contributed by atoms with E-state index in [1.54, 1.807) is 0 Å². The van der Waals surface area contributed by atoms with Gasteiger partial charge < -0.3 is 4.74 Å². The van der Waals surface area contributed by atoms with Gasteiger partial charge in [-0.2, -0.15) is 26.3 Å². The van der Waals surface area contributed by atoms with Crippen LogP contribution in [0.2, 0.25) is 0 Å². The average Bonchev–Trinajstić information content (AvgIpc) is 2.24. The summed E-state index contributed by atoms with van der Waals surface area (Å²) in [5, 5.41) is 0. The van der Waals surface area contributed by atoms with Crippen molar-refractivity contribution in [1.29, 1.82) is 0 Å². The molecule has 0 unspecified atom stereocenters. The van der Waals surface area contributed by atoms with E-state index >= 15 is 0 Å². The van der Waals surface area contributed by atoms with Crippen LogP contribution in [-0.2, 0) is 0 Å². The van der Waals surface area contributed by atoms with Gasteiger partial charge in [-0.05, 0) is 37.1 Å². The summed E-state index contributed by atoms with van der Waals surface area (Å²) < 4.78 is 80.1. The quantitative estimate of drug-likeness (QED) is 0.616. The summed E-state index contributed by atoms with van der Waals surface area (Å²) >= 11 is 0. The van der Waals surface area contributed by atoms with Gasteiger partial charge >= 0.3 is 12.4 Å². The minimum atomic E-state index is -5.70. The second-order valence-corrected chi connectivity index (χ2v) is 4.52. The van der Waals surface area contributed by atoms with Crippen molar-refractivity contribution in [2.75, 3.05) is 7.11 Å². The Kier molecular flexibility index (Phi) is 4.60. The zero-order valence-electron chi connectivity index (χ0n) is 11.3. The number of rotatable bonds is 3. The van der Waals surface area contributed by atoms with Gasteiger partial charge in [0.15, 0.2) is 5.78 Å². The van der Waals surface area contributed by atoms with Crippen LogP contribution >= 0.6 is 0 Å². The first-order valence-corrected chi connectivity index (χ1v) is 5.72. The smallest absolute Gasteiger partial charge is 0.407 e. The second kappa shape index (κ2) is 5.57. The fraction of sp³-hybridized carbons (Fsp3) is 0.462. The molecule has 1 aromatic rings. The summed E-state index contributed by atoms with van der Waals surface area (Å²) in [6, 6.07) is 1.91. The zero-order chi connectivity index (χ0) is 16.6. The first-order chi connectivity index (χ1) is 9.39. The minimum Gasteiger partial charge on any atom is -0.496 e. The highest BCUT2D eigenvalue weighted by Crippen LogP contribution is 2.41. The number of methoxy groups -OCH3 is 1. The van der Waals surface area contributed by atoms with Crippen LogP contribution in [0, 0.1) is 19.8 Å². The number of hydrogen-bond acceptors (Lipinski definition) is 2. The Balaban J connectivity index is 3.36. The highest BCUT2D eigenvalue weighted by atomic mass is 19.4. The Hall–Kier alpha value is -1.73. The summed E-state index contributed by atoms with van der Waals surface area (Å²) in [5.74, 6) is -5.75. The van der Waals surface area contributed by atoms with Gasteiger partial charge in [0.1, 0.15) is 5.75 Å². The highest BCUT2D eigenvalue weighted by Gasteiger charge is 2.60. The average molecular weight is 314 g/mol. The summed E-state index contributed by atoms with van der Waals surface area (Å²) in [7, 11) is 1.31. The van der Waals surface area contributed by atoms with Crippen LogP contribution < -0.4 is 4.74 Å². The van der Waals surface area contributed by atoms with Crippen molar-refractivity contribution in [1.82, 2.24) is 0 Å². The number of halogens is 6. The van der Waals surface area contributed by atoms with Gasteiger partial charge in [0.05, 0.1) is 7.11 Å². The third-order valence-corrected chi connectivity index (χ3v) is 2.87. The summed E-state index contributed by atoms with van der Waals surface area (Å²) in [5.41, 5.74) is -0.0849. The third kappa shape index (κ3) is 3.68. The lowest BCUT2D eigenvalue weighted by molar-refractivity contribution is -0.264. The van der Waals surface area contributed by atoms with Gasteiger partial charge in [0.2, 0.25) is 5.92 Å². The summed E-state index contributed by atoms with van der Waals surface area (Å²) in [6.45, 7) is 2.86. The van der Waals surface area contributed by atoms with Crippen LogP contribution in [0.3, 0.4) is 0 Å². The monoisotopic (exact) mass is 314 g/mol. The Morgan fingerprint density at radius 2 is 1.38 bits per heavy atom.